The van der Waals surface area contributed by atoms with Crippen LogP contribution in [0.5, 0.6) is 0 Å². The van der Waals surface area contributed by atoms with Gasteiger partial charge in [-0.3, -0.25) is 19.7 Å². The van der Waals surface area contributed by atoms with Gasteiger partial charge in [-0.15, -0.1) is 12.4 Å². The molecule has 0 N–H and O–H groups in total. The van der Waals surface area contributed by atoms with Crippen LogP contribution < -0.4 is 0 Å². The third-order valence-corrected chi connectivity index (χ3v) is 3.78. The van der Waals surface area contributed by atoms with E-state index in [2.05, 4.69) is 0 Å². The molecule has 0 saturated carbocycles. The van der Waals surface area contributed by atoms with Gasteiger partial charge in [-0.1, -0.05) is 6.07 Å². The second-order valence-electron chi connectivity index (χ2n) is 5.36. The maximum atomic E-state index is 12.9. The van der Waals surface area contributed by atoms with Crippen LogP contribution in [-0.2, 0) is 0 Å². The predicted molar refractivity (Wildman–Crippen MR) is 88.6 cm³/mol. The van der Waals surface area contributed by atoms with Crippen molar-refractivity contribution >= 4 is 35.4 Å². The Kier molecular flexibility index (Phi) is 5.14. The average molecular weight is 403 g/mol. The lowest BCUT2D eigenvalue weighted by molar-refractivity contribution is -0.402. The summed E-state index contributed by atoms with van der Waals surface area (Å²) in [5, 5.41) is 10.7. The van der Waals surface area contributed by atoms with E-state index in [4.69, 9.17) is 4.42 Å². The van der Waals surface area contributed by atoms with Gasteiger partial charge in [0.25, 0.3) is 5.78 Å². The molecule has 0 atom stereocenters. The van der Waals surface area contributed by atoms with Crippen molar-refractivity contribution in [2.75, 3.05) is 0 Å². The number of fused-ring (bicyclic) bond motifs is 1. The van der Waals surface area contributed by atoms with E-state index in [1.165, 1.54) is 31.3 Å². The quantitative estimate of drug-likeness (QED) is 0.371. The van der Waals surface area contributed by atoms with Crippen molar-refractivity contribution in [3.05, 3.63) is 69.2 Å². The first-order valence-corrected chi connectivity index (χ1v) is 7.13. The molecule has 0 bridgehead atoms. The second-order valence-corrected chi connectivity index (χ2v) is 5.36. The Morgan fingerprint density at radius 2 is 1.85 bits per heavy atom. The van der Waals surface area contributed by atoms with Gasteiger partial charge in [0.05, 0.1) is 17.1 Å². The van der Waals surface area contributed by atoms with E-state index < -0.39 is 39.9 Å². The highest BCUT2D eigenvalue weighted by molar-refractivity contribution is 6.14. The monoisotopic (exact) mass is 402 g/mol. The van der Waals surface area contributed by atoms with E-state index in [0.29, 0.717) is 0 Å². The minimum atomic E-state index is -5.12. The summed E-state index contributed by atoms with van der Waals surface area (Å²) in [6.07, 6.45) is -3.80. The fourth-order valence-electron chi connectivity index (χ4n) is 2.71. The minimum Gasteiger partial charge on any atom is -0.397 e. The SMILES string of the molecule is Cc1c(C(=O)C(F)(F)F)c2ccccn2c1C(=O)c1ccc([N+](=O)[O-])o1.Cl. The van der Waals surface area contributed by atoms with Crippen LogP contribution in [0.15, 0.2) is 40.9 Å². The number of furan rings is 1. The fourth-order valence-corrected chi connectivity index (χ4v) is 2.71. The molecule has 7 nitrogen and oxygen atoms in total. The Bertz CT molecular complexity index is 1070. The van der Waals surface area contributed by atoms with Gasteiger partial charge in [-0.25, -0.2) is 0 Å². The second kappa shape index (κ2) is 6.88. The van der Waals surface area contributed by atoms with Crippen LogP contribution in [0.3, 0.4) is 0 Å². The molecule has 27 heavy (non-hydrogen) atoms. The van der Waals surface area contributed by atoms with Crippen LogP contribution in [0.1, 0.15) is 32.2 Å². The first kappa shape index (κ1) is 20.2. The van der Waals surface area contributed by atoms with Crippen molar-refractivity contribution in [1.29, 1.82) is 0 Å². The van der Waals surface area contributed by atoms with Crippen LogP contribution >= 0.6 is 12.4 Å². The number of alkyl halides is 3. The molecule has 3 heterocycles. The lowest BCUT2D eigenvalue weighted by Crippen LogP contribution is -2.23. The summed E-state index contributed by atoms with van der Waals surface area (Å²) in [7, 11) is 0. The smallest absolute Gasteiger partial charge is 0.397 e. The summed E-state index contributed by atoms with van der Waals surface area (Å²) in [6, 6.07) is 6.17. The molecule has 11 heteroatoms. The average Bonchev–Trinajstić information content (AvgIpc) is 3.15. The highest BCUT2D eigenvalue weighted by Gasteiger charge is 2.42. The minimum absolute atomic E-state index is 0. The van der Waals surface area contributed by atoms with E-state index in [1.807, 2.05) is 0 Å². The molecule has 0 spiro atoms. The van der Waals surface area contributed by atoms with Crippen molar-refractivity contribution in [3.63, 3.8) is 0 Å². The van der Waals surface area contributed by atoms with Gasteiger partial charge >= 0.3 is 12.1 Å². The third kappa shape index (κ3) is 3.31. The molecule has 3 rings (SSSR count). The van der Waals surface area contributed by atoms with Crippen LogP contribution in [0.25, 0.3) is 5.52 Å². The van der Waals surface area contributed by atoms with Gasteiger partial charge in [-0.05, 0) is 30.7 Å². The standard InChI is InChI=1S/C16H9F3N2O5.ClH/c1-8-12(15(23)16(17,18)19)9-4-2-3-7-20(9)13(8)14(22)10-5-6-11(26-10)21(24)25;/h2-7H,1H3;1H. The zero-order valence-corrected chi connectivity index (χ0v) is 14.3. The summed E-state index contributed by atoms with van der Waals surface area (Å²) < 4.78 is 44.8. The van der Waals surface area contributed by atoms with E-state index in [1.54, 1.807) is 0 Å². The van der Waals surface area contributed by atoms with Gasteiger partial charge < -0.3 is 8.82 Å². The molecule has 0 radical (unpaired) electrons. The van der Waals surface area contributed by atoms with Gasteiger partial charge in [0.15, 0.2) is 5.76 Å². The zero-order chi connectivity index (χ0) is 19.2. The van der Waals surface area contributed by atoms with Crippen LogP contribution in [0.4, 0.5) is 19.1 Å². The zero-order valence-electron chi connectivity index (χ0n) is 13.4. The van der Waals surface area contributed by atoms with Gasteiger partial charge in [0, 0.05) is 6.20 Å². The highest BCUT2D eigenvalue weighted by atomic mass is 35.5. The third-order valence-electron chi connectivity index (χ3n) is 3.78. The Labute approximate surface area is 154 Å². The topological polar surface area (TPSA) is 94.8 Å². The predicted octanol–water partition coefficient (Wildman–Crippen LogP) is 4.15. The molecular formula is C16H10ClF3N2O5. The Morgan fingerprint density at radius 3 is 2.41 bits per heavy atom. The van der Waals surface area contributed by atoms with Crippen molar-refractivity contribution in [2.45, 2.75) is 13.1 Å². The number of pyridine rings is 1. The van der Waals surface area contributed by atoms with E-state index >= 15 is 0 Å². The molecule has 0 saturated heterocycles. The van der Waals surface area contributed by atoms with E-state index in [0.717, 1.165) is 16.5 Å². The number of carbonyl (C=O) groups excluding carboxylic acids is 2. The number of ketones is 2. The normalized spacial score (nSPS) is 11.3. The molecule has 0 amide bonds. The molecule has 0 aliphatic rings. The number of hydrogen-bond donors (Lipinski definition) is 0. The molecule has 0 unspecified atom stereocenters. The number of halogens is 4. The van der Waals surface area contributed by atoms with Gasteiger partial charge in [0.1, 0.15) is 10.6 Å². The van der Waals surface area contributed by atoms with E-state index in [9.17, 15) is 32.9 Å². The number of rotatable bonds is 4. The number of hydrogen-bond acceptors (Lipinski definition) is 5. The molecule has 3 aromatic heterocycles. The number of Topliss-reactive ketones (excluding diaryl/α,β-unsaturated/α-hetero) is 1. The van der Waals surface area contributed by atoms with Crippen molar-refractivity contribution < 1.29 is 32.1 Å². The fraction of sp³-hybridized carbons (Fsp3) is 0.125. The maximum Gasteiger partial charge on any atom is 0.454 e. The first-order chi connectivity index (χ1) is 12.1. The summed E-state index contributed by atoms with van der Waals surface area (Å²) in [5.41, 5.74) is -1.18. The molecule has 142 valence electrons. The van der Waals surface area contributed by atoms with Gasteiger partial charge in [-0.2, -0.15) is 13.2 Å². The Hall–Kier alpha value is -3.14. The summed E-state index contributed by atoms with van der Waals surface area (Å²) >= 11 is 0. The lowest BCUT2D eigenvalue weighted by atomic mass is 10.0. The number of nitrogens with zero attached hydrogens (tertiary/aromatic N) is 2. The Balaban J connectivity index is 0.00000261. The largest absolute Gasteiger partial charge is 0.454 e. The highest BCUT2D eigenvalue weighted by Crippen LogP contribution is 2.31. The van der Waals surface area contributed by atoms with Crippen LogP contribution in [0, 0.1) is 17.0 Å². The van der Waals surface area contributed by atoms with Crippen molar-refractivity contribution in [1.82, 2.24) is 4.40 Å². The summed E-state index contributed by atoms with van der Waals surface area (Å²) in [5.74, 6) is -4.06. The number of nitro groups is 1. The number of aromatic nitrogens is 1. The summed E-state index contributed by atoms with van der Waals surface area (Å²) in [4.78, 5) is 34.3. The van der Waals surface area contributed by atoms with Crippen molar-refractivity contribution in [2.24, 2.45) is 0 Å². The summed E-state index contributed by atoms with van der Waals surface area (Å²) in [6.45, 7) is 1.20. The molecule has 0 aromatic carbocycles. The molecular weight excluding hydrogens is 393 g/mol. The van der Waals surface area contributed by atoms with Crippen molar-refractivity contribution in [3.8, 4) is 0 Å². The van der Waals surface area contributed by atoms with Gasteiger partial charge in [0.2, 0.25) is 5.78 Å². The molecule has 3 aromatic rings. The molecule has 0 fully saturated rings. The van der Waals surface area contributed by atoms with Crippen LogP contribution in [-0.4, -0.2) is 27.1 Å². The molecule has 0 aliphatic carbocycles. The maximum absolute atomic E-state index is 12.9. The first-order valence-electron chi connectivity index (χ1n) is 7.13. The number of carbonyl (C=O) groups is 2. The molecule has 0 aliphatic heterocycles. The van der Waals surface area contributed by atoms with Crippen LogP contribution in [0.2, 0.25) is 0 Å². The van der Waals surface area contributed by atoms with E-state index in [-0.39, 0.29) is 29.2 Å². The lowest BCUT2D eigenvalue weighted by Gasteiger charge is -2.05. The Morgan fingerprint density at radius 1 is 1.19 bits per heavy atom.